The van der Waals surface area contributed by atoms with Gasteiger partial charge in [0.2, 0.25) is 17.6 Å². The van der Waals surface area contributed by atoms with Crippen LogP contribution in [0.2, 0.25) is 0 Å². The van der Waals surface area contributed by atoms with E-state index < -0.39 is 47.1 Å². The molecule has 0 aromatic heterocycles. The summed E-state index contributed by atoms with van der Waals surface area (Å²) in [6, 6.07) is -3.15. The maximum Gasteiger partial charge on any atom is 0.315 e. The zero-order chi connectivity index (χ0) is 34.0. The number of hydrogen-bond donors (Lipinski definition) is 4. The highest BCUT2D eigenvalue weighted by molar-refractivity contribution is 6.38. The van der Waals surface area contributed by atoms with Gasteiger partial charge in [0.25, 0.3) is 5.91 Å². The minimum Gasteiger partial charge on any atom is -0.466 e. The first-order chi connectivity index (χ1) is 21.6. The molecule has 12 nitrogen and oxygen atoms in total. The number of fused-ring (bicyclic) bond motifs is 3. The van der Waals surface area contributed by atoms with E-state index in [1.807, 2.05) is 20.8 Å². The number of ketones is 1. The Balaban J connectivity index is 1.46. The predicted molar refractivity (Wildman–Crippen MR) is 171 cm³/mol. The molecule has 46 heavy (non-hydrogen) atoms. The molecule has 0 radical (unpaired) electrons. The largest absolute Gasteiger partial charge is 0.466 e. The number of esters is 1. The Morgan fingerprint density at radius 2 is 1.78 bits per heavy atom. The molecule has 0 aromatic rings. The van der Waals surface area contributed by atoms with Gasteiger partial charge in [0.15, 0.2) is 0 Å². The molecule has 2 bridgehead atoms. The molecule has 4 fully saturated rings. The van der Waals surface area contributed by atoms with Crippen LogP contribution in [0.4, 0.5) is 4.79 Å². The minimum atomic E-state index is -1.14. The number of amides is 5. The highest BCUT2D eigenvalue weighted by Gasteiger charge is 2.70. The van der Waals surface area contributed by atoms with E-state index in [0.29, 0.717) is 24.8 Å². The van der Waals surface area contributed by atoms with Crippen molar-refractivity contribution in [1.29, 1.82) is 0 Å². The SMILES string of the molecule is C=CCCC(NC(=O)[C@@H]1[C@@H]2[C@H](CN1C(=O)[C@@H](NC(=O)NC1CC3CCC1C3)C(C)(C)C)C2(C)C)C(=O)C(=O)NCCC(=O)OCC. The van der Waals surface area contributed by atoms with Crippen molar-refractivity contribution in [3.05, 3.63) is 12.7 Å². The first-order valence-electron chi connectivity index (χ1n) is 16.9. The average Bonchev–Trinajstić information content (AvgIpc) is 3.49. The third kappa shape index (κ3) is 7.74. The van der Waals surface area contributed by atoms with E-state index in [9.17, 15) is 28.8 Å². The average molecular weight is 644 g/mol. The lowest BCUT2D eigenvalue weighted by Crippen LogP contribution is -2.62. The summed E-state index contributed by atoms with van der Waals surface area (Å²) in [6.07, 6.45) is 6.46. The second kappa shape index (κ2) is 14.1. The Kier molecular flexibility index (Phi) is 10.9. The van der Waals surface area contributed by atoms with Crippen LogP contribution in [-0.2, 0) is 28.7 Å². The van der Waals surface area contributed by atoms with Gasteiger partial charge in [0.05, 0.1) is 19.1 Å². The lowest BCUT2D eigenvalue weighted by atomic mass is 9.85. The number of rotatable bonds is 14. The van der Waals surface area contributed by atoms with E-state index in [1.54, 1.807) is 17.9 Å². The van der Waals surface area contributed by atoms with Crippen LogP contribution in [0.5, 0.6) is 0 Å². The fourth-order valence-electron chi connectivity index (χ4n) is 7.96. The van der Waals surface area contributed by atoms with Gasteiger partial charge < -0.3 is 30.9 Å². The van der Waals surface area contributed by atoms with Crippen LogP contribution < -0.4 is 21.3 Å². The molecule has 4 unspecified atom stereocenters. The summed E-state index contributed by atoms with van der Waals surface area (Å²) in [6.45, 7) is 15.6. The van der Waals surface area contributed by atoms with Gasteiger partial charge in [-0.2, -0.15) is 0 Å². The van der Waals surface area contributed by atoms with Crippen molar-refractivity contribution in [3.8, 4) is 0 Å². The highest BCUT2D eigenvalue weighted by Crippen LogP contribution is 2.65. The molecule has 0 aromatic carbocycles. The molecule has 1 aliphatic heterocycles. The van der Waals surface area contributed by atoms with Crippen LogP contribution in [0, 0.1) is 34.5 Å². The molecule has 1 heterocycles. The standard InChI is InChI=1S/C34H53N5O7/c1-8-10-11-22(27(41)30(43)35-15-14-24(40)46-9-2)36-29(42)26-25-21(34(25,6)7)18-39(26)31(44)28(33(3,4)5)38-32(45)37-23-17-19-12-13-20(23)16-19/h8,19-23,25-26,28H,1,9-18H2,2-7H3,(H,35,43)(H,36,42)(H2,37,38,45)/t19?,20?,21-,22?,23?,25-,26-,28+/m0/s1. The van der Waals surface area contributed by atoms with Crippen molar-refractivity contribution in [1.82, 2.24) is 26.2 Å². The van der Waals surface area contributed by atoms with Crippen molar-refractivity contribution in [3.63, 3.8) is 0 Å². The van der Waals surface area contributed by atoms with Crippen LogP contribution in [0.15, 0.2) is 12.7 Å². The Morgan fingerprint density at radius 1 is 1.07 bits per heavy atom. The summed E-state index contributed by atoms with van der Waals surface area (Å²) in [7, 11) is 0. The third-order valence-corrected chi connectivity index (χ3v) is 10.6. The first kappa shape index (κ1) is 35.4. The van der Waals surface area contributed by atoms with Crippen molar-refractivity contribution in [2.75, 3.05) is 19.7 Å². The van der Waals surface area contributed by atoms with Crippen molar-refractivity contribution in [2.24, 2.45) is 34.5 Å². The fourth-order valence-corrected chi connectivity index (χ4v) is 7.96. The van der Waals surface area contributed by atoms with Gasteiger partial charge in [-0.1, -0.05) is 47.1 Å². The maximum atomic E-state index is 14.2. The predicted octanol–water partition coefficient (Wildman–Crippen LogP) is 2.46. The Labute approximate surface area is 272 Å². The molecule has 0 spiro atoms. The van der Waals surface area contributed by atoms with Gasteiger partial charge in [0.1, 0.15) is 12.1 Å². The van der Waals surface area contributed by atoms with E-state index in [2.05, 4.69) is 41.7 Å². The number of hydrogen-bond acceptors (Lipinski definition) is 7. The number of Topliss-reactive ketones (excluding diaryl/α,β-unsaturated/α-hetero) is 1. The Morgan fingerprint density at radius 3 is 2.37 bits per heavy atom. The van der Waals surface area contributed by atoms with E-state index in [0.717, 1.165) is 19.3 Å². The van der Waals surface area contributed by atoms with Crippen LogP contribution in [0.25, 0.3) is 0 Å². The normalized spacial score (nSPS) is 28.3. The first-order valence-corrected chi connectivity index (χ1v) is 16.9. The summed E-state index contributed by atoms with van der Waals surface area (Å²) in [5, 5.41) is 11.3. The Hall–Kier alpha value is -3.44. The lowest BCUT2D eigenvalue weighted by Gasteiger charge is -2.38. The van der Waals surface area contributed by atoms with Gasteiger partial charge in [0, 0.05) is 19.1 Å². The maximum absolute atomic E-state index is 14.2. The molecule has 4 rings (SSSR count). The van der Waals surface area contributed by atoms with Crippen molar-refractivity contribution < 1.29 is 33.5 Å². The number of urea groups is 1. The fraction of sp³-hybridized carbons (Fsp3) is 0.765. The molecule has 12 heteroatoms. The molecule has 4 aliphatic rings. The van der Waals surface area contributed by atoms with Gasteiger partial charge in [-0.3, -0.25) is 24.0 Å². The number of ether oxygens (including phenoxy) is 1. The Bertz CT molecular complexity index is 1230. The summed E-state index contributed by atoms with van der Waals surface area (Å²) < 4.78 is 4.85. The van der Waals surface area contributed by atoms with Gasteiger partial charge in [-0.05, 0) is 73.5 Å². The van der Waals surface area contributed by atoms with Crippen LogP contribution >= 0.6 is 0 Å². The summed E-state index contributed by atoms with van der Waals surface area (Å²) in [5.41, 5.74) is -0.829. The van der Waals surface area contributed by atoms with E-state index in [1.165, 1.54) is 6.42 Å². The molecule has 5 amide bonds. The number of nitrogens with one attached hydrogen (secondary N) is 4. The number of piperidine rings is 1. The molecule has 256 valence electrons. The number of nitrogens with zero attached hydrogens (tertiary/aromatic N) is 1. The van der Waals surface area contributed by atoms with E-state index >= 15 is 0 Å². The zero-order valence-electron chi connectivity index (χ0n) is 28.3. The zero-order valence-corrected chi connectivity index (χ0v) is 28.3. The second-order valence-corrected chi connectivity index (χ2v) is 15.2. The number of carbonyl (C=O) groups excluding carboxylic acids is 6. The molecular weight excluding hydrogens is 590 g/mol. The smallest absolute Gasteiger partial charge is 0.315 e. The number of likely N-dealkylation sites (tertiary alicyclic amines) is 1. The summed E-state index contributed by atoms with van der Waals surface area (Å²) >= 11 is 0. The number of carbonyl (C=O) groups is 6. The van der Waals surface area contributed by atoms with Crippen molar-refractivity contribution in [2.45, 2.75) is 111 Å². The van der Waals surface area contributed by atoms with Crippen molar-refractivity contribution >= 4 is 35.5 Å². The van der Waals surface area contributed by atoms with Crippen LogP contribution in [0.1, 0.15) is 86.5 Å². The summed E-state index contributed by atoms with van der Waals surface area (Å²) in [4.78, 5) is 80.5. The summed E-state index contributed by atoms with van der Waals surface area (Å²) in [5.74, 6) is -2.00. The molecule has 4 N–H and O–H groups in total. The molecule has 3 aliphatic carbocycles. The van der Waals surface area contributed by atoms with Crippen LogP contribution in [-0.4, -0.2) is 84.3 Å². The second-order valence-electron chi connectivity index (χ2n) is 15.2. The van der Waals surface area contributed by atoms with E-state index in [4.69, 9.17) is 4.74 Å². The highest BCUT2D eigenvalue weighted by atomic mass is 16.5. The lowest BCUT2D eigenvalue weighted by molar-refractivity contribution is -0.145. The van der Waals surface area contributed by atoms with E-state index in [-0.39, 0.29) is 61.2 Å². The topological polar surface area (TPSA) is 163 Å². The van der Waals surface area contributed by atoms with Gasteiger partial charge >= 0.3 is 12.0 Å². The number of allylic oxidation sites excluding steroid dienone is 1. The molecule has 1 saturated heterocycles. The third-order valence-electron chi connectivity index (χ3n) is 10.6. The van der Waals surface area contributed by atoms with Crippen LogP contribution in [0.3, 0.4) is 0 Å². The monoisotopic (exact) mass is 643 g/mol. The molecular formula is C34H53N5O7. The van der Waals surface area contributed by atoms with Gasteiger partial charge in [-0.25, -0.2) is 4.79 Å². The quantitative estimate of drug-likeness (QED) is 0.128. The van der Waals surface area contributed by atoms with Gasteiger partial charge in [-0.15, -0.1) is 6.58 Å². The molecule has 8 atom stereocenters. The molecule has 3 saturated carbocycles. The minimum absolute atomic E-state index is 0.0782.